The Bertz CT molecular complexity index is 1000. The number of hydrogen-bond acceptors (Lipinski definition) is 5. The van der Waals surface area contributed by atoms with Crippen LogP contribution in [0.2, 0.25) is 5.02 Å². The van der Waals surface area contributed by atoms with Crippen LogP contribution >= 0.6 is 11.6 Å². The van der Waals surface area contributed by atoms with Crippen molar-refractivity contribution in [1.82, 2.24) is 25.3 Å². The Kier molecular flexibility index (Phi) is 8.89. The first-order chi connectivity index (χ1) is 16.9. The fourth-order valence-corrected chi connectivity index (χ4v) is 4.77. The Morgan fingerprint density at radius 2 is 1.83 bits per heavy atom. The molecule has 198 valence electrons. The van der Waals surface area contributed by atoms with E-state index in [0.717, 1.165) is 5.56 Å². The topological polar surface area (TPSA) is 94.2 Å². The molecular weight excluding hydrogens is 482 g/mol. The van der Waals surface area contributed by atoms with Gasteiger partial charge >= 0.3 is 18.0 Å². The zero-order chi connectivity index (χ0) is 26.6. The number of carbonyl (C=O) groups excluding carboxylic acids is 3. The van der Waals surface area contributed by atoms with Crippen LogP contribution in [0.4, 0.5) is 9.59 Å². The van der Waals surface area contributed by atoms with Crippen LogP contribution in [-0.2, 0) is 9.53 Å². The number of amides is 4. The van der Waals surface area contributed by atoms with Crippen LogP contribution in [0, 0.1) is 0 Å². The molecule has 2 heterocycles. The van der Waals surface area contributed by atoms with Crippen LogP contribution in [0.1, 0.15) is 53.1 Å². The van der Waals surface area contributed by atoms with Gasteiger partial charge in [0.2, 0.25) is 0 Å². The fraction of sp³-hybridized carbons (Fsp3) is 0.577. The quantitative estimate of drug-likeness (QED) is 0.558. The van der Waals surface area contributed by atoms with Crippen molar-refractivity contribution in [2.24, 2.45) is 0 Å². The molecule has 1 aromatic carbocycles. The molecule has 0 aliphatic carbocycles. The van der Waals surface area contributed by atoms with Gasteiger partial charge in [0, 0.05) is 55.0 Å². The van der Waals surface area contributed by atoms with E-state index < -0.39 is 12.0 Å². The number of nitrogens with one attached hydrogen (secondary N) is 2. The molecule has 0 bridgehead atoms. The van der Waals surface area contributed by atoms with Crippen molar-refractivity contribution < 1.29 is 19.1 Å². The molecule has 10 heteroatoms. The molecule has 0 radical (unpaired) electrons. The van der Waals surface area contributed by atoms with Crippen LogP contribution in [0.5, 0.6) is 0 Å². The third kappa shape index (κ3) is 6.50. The number of likely N-dealkylation sites (N-methyl/N-ethyl adjacent to an activating group) is 1. The van der Waals surface area contributed by atoms with E-state index in [9.17, 15) is 14.4 Å². The van der Waals surface area contributed by atoms with Gasteiger partial charge in [0.15, 0.2) is 0 Å². The summed E-state index contributed by atoms with van der Waals surface area (Å²) in [6, 6.07) is 6.05. The largest absolute Gasteiger partial charge is 0.463 e. The lowest BCUT2D eigenvalue weighted by molar-refractivity contribution is -0.139. The van der Waals surface area contributed by atoms with Crippen LogP contribution in [0.25, 0.3) is 0 Å². The van der Waals surface area contributed by atoms with Crippen molar-refractivity contribution in [3.63, 3.8) is 0 Å². The second-order valence-electron chi connectivity index (χ2n) is 10.2. The van der Waals surface area contributed by atoms with Crippen molar-refractivity contribution in [2.75, 3.05) is 39.3 Å². The summed E-state index contributed by atoms with van der Waals surface area (Å²) in [5, 5.41) is 6.57. The highest BCUT2D eigenvalue weighted by Crippen LogP contribution is 2.33. The molecule has 2 aliphatic heterocycles. The summed E-state index contributed by atoms with van der Waals surface area (Å²) in [6.45, 7) is 14.3. The molecule has 1 saturated heterocycles. The number of hydrogen-bond donors (Lipinski definition) is 2. The van der Waals surface area contributed by atoms with E-state index in [2.05, 4.69) is 15.5 Å². The standard InChI is InChI=1S/C26H38ClN5O4/c1-7-31-20(16-30-13-14-32(17(3)15-30)25(35)29-26(4,5)6)21(23(33)36-8-2)22(28-24(31)34)18-9-11-19(27)12-10-18/h9-12,17,22H,7-8,13-16H2,1-6H3,(H,28,34)(H,29,35)/t17-,22+/m1/s1. The van der Waals surface area contributed by atoms with Crippen molar-refractivity contribution in [3.05, 3.63) is 46.1 Å². The zero-order valence-electron chi connectivity index (χ0n) is 22.1. The summed E-state index contributed by atoms with van der Waals surface area (Å²) in [4.78, 5) is 44.7. The van der Waals surface area contributed by atoms with Crippen molar-refractivity contribution in [2.45, 2.75) is 59.2 Å². The van der Waals surface area contributed by atoms with Gasteiger partial charge in [0.1, 0.15) is 0 Å². The number of nitrogens with zero attached hydrogens (tertiary/aromatic N) is 3. The maximum absolute atomic E-state index is 13.2. The zero-order valence-corrected chi connectivity index (χ0v) is 22.8. The van der Waals surface area contributed by atoms with E-state index in [0.29, 0.717) is 49.0 Å². The molecule has 9 nitrogen and oxygen atoms in total. The van der Waals surface area contributed by atoms with E-state index in [-0.39, 0.29) is 30.2 Å². The molecule has 4 amide bonds. The molecule has 36 heavy (non-hydrogen) atoms. The van der Waals surface area contributed by atoms with Crippen molar-refractivity contribution >= 4 is 29.6 Å². The minimum atomic E-state index is -0.650. The average Bonchev–Trinajstić information content (AvgIpc) is 2.78. The van der Waals surface area contributed by atoms with Gasteiger partial charge in [-0.05, 0) is 59.2 Å². The Hall–Kier alpha value is -2.78. The average molecular weight is 520 g/mol. The van der Waals surface area contributed by atoms with Crippen molar-refractivity contribution in [1.29, 1.82) is 0 Å². The monoisotopic (exact) mass is 519 g/mol. The van der Waals surface area contributed by atoms with Crippen LogP contribution in [0.15, 0.2) is 35.5 Å². The van der Waals surface area contributed by atoms with E-state index >= 15 is 0 Å². The minimum Gasteiger partial charge on any atom is -0.463 e. The third-order valence-electron chi connectivity index (χ3n) is 6.28. The number of rotatable bonds is 6. The van der Waals surface area contributed by atoms with Gasteiger partial charge in [0.25, 0.3) is 0 Å². The van der Waals surface area contributed by atoms with E-state index in [4.69, 9.17) is 16.3 Å². The lowest BCUT2D eigenvalue weighted by Gasteiger charge is -2.43. The highest BCUT2D eigenvalue weighted by Gasteiger charge is 2.39. The second kappa shape index (κ2) is 11.5. The van der Waals surface area contributed by atoms with Crippen LogP contribution in [0.3, 0.4) is 0 Å². The number of ether oxygens (including phenoxy) is 1. The first-order valence-corrected chi connectivity index (χ1v) is 12.9. The molecule has 2 atom stereocenters. The van der Waals surface area contributed by atoms with Crippen LogP contribution < -0.4 is 10.6 Å². The molecular formula is C26H38ClN5O4. The number of esters is 1. The number of halogens is 1. The predicted molar refractivity (Wildman–Crippen MR) is 140 cm³/mol. The predicted octanol–water partition coefficient (Wildman–Crippen LogP) is 3.76. The summed E-state index contributed by atoms with van der Waals surface area (Å²) >= 11 is 6.08. The van der Waals surface area contributed by atoms with E-state index in [1.807, 2.05) is 39.5 Å². The molecule has 2 aliphatic rings. The highest BCUT2D eigenvalue weighted by atomic mass is 35.5. The first-order valence-electron chi connectivity index (χ1n) is 12.5. The SMILES string of the molecule is CCOC(=O)C1=C(CN2CCN(C(=O)NC(C)(C)C)[C@H](C)C2)N(CC)C(=O)N[C@H]1c1ccc(Cl)cc1. The molecule has 0 saturated carbocycles. The lowest BCUT2D eigenvalue weighted by atomic mass is 9.94. The lowest BCUT2D eigenvalue weighted by Crippen LogP contribution is -2.59. The Labute approximate surface area is 218 Å². The Morgan fingerprint density at radius 1 is 1.17 bits per heavy atom. The van der Waals surface area contributed by atoms with Gasteiger partial charge < -0.3 is 20.3 Å². The molecule has 0 aromatic heterocycles. The summed E-state index contributed by atoms with van der Waals surface area (Å²) in [7, 11) is 0. The summed E-state index contributed by atoms with van der Waals surface area (Å²) < 4.78 is 5.44. The fourth-order valence-electron chi connectivity index (χ4n) is 4.65. The number of piperazine rings is 1. The third-order valence-corrected chi connectivity index (χ3v) is 6.53. The number of benzene rings is 1. The summed E-state index contributed by atoms with van der Waals surface area (Å²) in [5.41, 5.74) is 1.47. The first kappa shape index (κ1) is 27.8. The van der Waals surface area contributed by atoms with Gasteiger partial charge in [0.05, 0.1) is 18.2 Å². The molecule has 2 N–H and O–H groups in total. The Balaban J connectivity index is 1.92. The maximum Gasteiger partial charge on any atom is 0.338 e. The van der Waals surface area contributed by atoms with Crippen molar-refractivity contribution in [3.8, 4) is 0 Å². The van der Waals surface area contributed by atoms with Gasteiger partial charge in [-0.25, -0.2) is 14.4 Å². The van der Waals surface area contributed by atoms with Gasteiger partial charge in [-0.1, -0.05) is 23.7 Å². The maximum atomic E-state index is 13.2. The van der Waals surface area contributed by atoms with E-state index in [1.54, 1.807) is 36.1 Å². The molecule has 3 rings (SSSR count). The summed E-state index contributed by atoms with van der Waals surface area (Å²) in [6.07, 6.45) is 0. The van der Waals surface area contributed by atoms with Crippen LogP contribution in [-0.4, -0.2) is 83.6 Å². The molecule has 0 unspecified atom stereocenters. The number of carbonyl (C=O) groups is 3. The second-order valence-corrected chi connectivity index (χ2v) is 10.7. The molecule has 0 spiro atoms. The highest BCUT2D eigenvalue weighted by molar-refractivity contribution is 6.30. The van der Waals surface area contributed by atoms with Gasteiger partial charge in [-0.2, -0.15) is 0 Å². The normalized spacial score (nSPS) is 21.4. The van der Waals surface area contributed by atoms with Gasteiger partial charge in [-0.3, -0.25) is 9.80 Å². The molecule has 1 fully saturated rings. The van der Waals surface area contributed by atoms with E-state index in [1.165, 1.54) is 0 Å². The molecule has 1 aromatic rings. The summed E-state index contributed by atoms with van der Waals surface area (Å²) in [5.74, 6) is -0.456. The Morgan fingerprint density at radius 3 is 2.39 bits per heavy atom. The van der Waals surface area contributed by atoms with Gasteiger partial charge in [-0.15, -0.1) is 0 Å². The number of urea groups is 2. The smallest absolute Gasteiger partial charge is 0.338 e. The minimum absolute atomic E-state index is 0.0349.